The van der Waals surface area contributed by atoms with Crippen LogP contribution in [0.1, 0.15) is 40.5 Å². The minimum Gasteiger partial charge on any atom is -0.549 e. The Hall–Kier alpha value is -0.570. The lowest BCUT2D eigenvalue weighted by atomic mass is 9.72. The molecule has 0 bridgehead atoms. The highest BCUT2D eigenvalue weighted by atomic mass is 16.4. The van der Waals surface area contributed by atoms with Crippen molar-refractivity contribution in [2.45, 2.75) is 46.1 Å². The van der Waals surface area contributed by atoms with E-state index >= 15 is 0 Å². The lowest BCUT2D eigenvalue weighted by Crippen LogP contribution is -2.54. The second kappa shape index (κ2) is 3.44. The van der Waals surface area contributed by atoms with Crippen LogP contribution in [0.3, 0.4) is 0 Å². The van der Waals surface area contributed by atoms with Crippen molar-refractivity contribution in [3.8, 4) is 0 Å². The normalized spacial score (nSPS) is 13.1. The van der Waals surface area contributed by atoms with Crippen LogP contribution in [0.15, 0.2) is 0 Å². The van der Waals surface area contributed by atoms with E-state index in [4.69, 9.17) is 0 Å². The van der Waals surface area contributed by atoms with Crippen molar-refractivity contribution in [2.24, 2.45) is 5.41 Å². The first-order valence-electron chi connectivity index (χ1n) is 4.25. The predicted molar refractivity (Wildman–Crippen MR) is 44.3 cm³/mol. The third-order valence-electron chi connectivity index (χ3n) is 2.84. The molecule has 0 aliphatic rings. The molecule has 0 fully saturated rings. The van der Waals surface area contributed by atoms with E-state index in [0.29, 0.717) is 12.8 Å². The van der Waals surface area contributed by atoms with Gasteiger partial charge in [0, 0.05) is 11.4 Å². The highest BCUT2D eigenvalue weighted by Crippen LogP contribution is 2.35. The fourth-order valence-electron chi connectivity index (χ4n) is 1.32. The van der Waals surface area contributed by atoms with E-state index in [1.165, 1.54) is 13.8 Å². The molecule has 0 radical (unpaired) electrons. The molecular formula is C9H17O3-. The van der Waals surface area contributed by atoms with E-state index in [-0.39, 0.29) is 0 Å². The summed E-state index contributed by atoms with van der Waals surface area (Å²) in [6.07, 6.45) is 0.842. The van der Waals surface area contributed by atoms with Gasteiger partial charge in [-0.1, -0.05) is 27.7 Å². The monoisotopic (exact) mass is 173 g/mol. The summed E-state index contributed by atoms with van der Waals surface area (Å²) in [5.41, 5.74) is -2.34. The van der Waals surface area contributed by atoms with Crippen molar-refractivity contribution in [3.05, 3.63) is 0 Å². The fourth-order valence-corrected chi connectivity index (χ4v) is 1.32. The van der Waals surface area contributed by atoms with Gasteiger partial charge in [0.05, 0.1) is 5.60 Å². The molecule has 0 aromatic heterocycles. The molecule has 0 aliphatic carbocycles. The molecule has 0 atom stereocenters. The van der Waals surface area contributed by atoms with Crippen LogP contribution in [0.25, 0.3) is 0 Å². The van der Waals surface area contributed by atoms with Crippen LogP contribution in [-0.4, -0.2) is 16.7 Å². The fraction of sp³-hybridized carbons (Fsp3) is 0.889. The van der Waals surface area contributed by atoms with Crippen LogP contribution in [0.2, 0.25) is 0 Å². The van der Waals surface area contributed by atoms with Crippen LogP contribution in [0, 0.1) is 5.41 Å². The van der Waals surface area contributed by atoms with Gasteiger partial charge in [-0.2, -0.15) is 0 Å². The third-order valence-corrected chi connectivity index (χ3v) is 2.84. The number of aliphatic carboxylic acids is 1. The molecule has 72 valence electrons. The Balaban J connectivity index is 4.83. The molecule has 3 nitrogen and oxygen atoms in total. The number of rotatable bonds is 4. The average molecular weight is 173 g/mol. The van der Waals surface area contributed by atoms with Gasteiger partial charge in [0.1, 0.15) is 0 Å². The van der Waals surface area contributed by atoms with Crippen LogP contribution >= 0.6 is 0 Å². The van der Waals surface area contributed by atoms with Gasteiger partial charge >= 0.3 is 0 Å². The lowest BCUT2D eigenvalue weighted by Gasteiger charge is -2.42. The zero-order valence-electron chi connectivity index (χ0n) is 8.18. The van der Waals surface area contributed by atoms with E-state index < -0.39 is 17.0 Å². The summed E-state index contributed by atoms with van der Waals surface area (Å²) < 4.78 is 0. The summed E-state index contributed by atoms with van der Waals surface area (Å²) in [5, 5.41) is 20.6. The standard InChI is InChI=1S/C9H18O3/c1-5-9(12,6-2)8(3,4)7(10)11/h12H,5-6H2,1-4H3,(H,10,11)/p-1. The molecule has 0 aromatic rings. The SMILES string of the molecule is CCC(O)(CC)C(C)(C)C(=O)[O-]. The first-order valence-corrected chi connectivity index (χ1v) is 4.25. The van der Waals surface area contributed by atoms with Crippen LogP contribution in [-0.2, 0) is 4.79 Å². The molecule has 0 rings (SSSR count). The van der Waals surface area contributed by atoms with Crippen molar-refractivity contribution in [2.75, 3.05) is 0 Å². The summed E-state index contributed by atoms with van der Waals surface area (Å²) >= 11 is 0. The summed E-state index contributed by atoms with van der Waals surface area (Å²) in [6, 6.07) is 0. The Labute approximate surface area is 73.4 Å². The molecule has 0 unspecified atom stereocenters. The van der Waals surface area contributed by atoms with Crippen molar-refractivity contribution in [1.82, 2.24) is 0 Å². The molecule has 0 saturated heterocycles. The molecule has 0 heterocycles. The van der Waals surface area contributed by atoms with E-state index in [0.717, 1.165) is 0 Å². The Kier molecular flexibility index (Phi) is 3.27. The number of carboxylic acids is 1. The van der Waals surface area contributed by atoms with Gasteiger partial charge in [-0.25, -0.2) is 0 Å². The van der Waals surface area contributed by atoms with Gasteiger partial charge < -0.3 is 15.0 Å². The van der Waals surface area contributed by atoms with Gasteiger partial charge in [0.2, 0.25) is 0 Å². The summed E-state index contributed by atoms with van der Waals surface area (Å²) in [7, 11) is 0. The number of hydrogen-bond donors (Lipinski definition) is 1. The third kappa shape index (κ3) is 1.61. The second-order valence-electron chi connectivity index (χ2n) is 3.65. The Morgan fingerprint density at radius 1 is 1.33 bits per heavy atom. The average Bonchev–Trinajstić information content (AvgIpc) is 2.02. The van der Waals surface area contributed by atoms with E-state index in [1.807, 2.05) is 0 Å². The van der Waals surface area contributed by atoms with Crippen LogP contribution in [0.5, 0.6) is 0 Å². The minimum absolute atomic E-state index is 0.421. The topological polar surface area (TPSA) is 60.4 Å². The van der Waals surface area contributed by atoms with Gasteiger partial charge in [0.25, 0.3) is 0 Å². The second-order valence-corrected chi connectivity index (χ2v) is 3.65. The minimum atomic E-state index is -1.20. The molecule has 0 spiro atoms. The van der Waals surface area contributed by atoms with E-state index in [1.54, 1.807) is 13.8 Å². The number of hydrogen-bond acceptors (Lipinski definition) is 3. The molecule has 12 heavy (non-hydrogen) atoms. The van der Waals surface area contributed by atoms with Gasteiger partial charge in [-0.15, -0.1) is 0 Å². The number of carbonyl (C=O) groups is 1. The number of carboxylic acid groups (broad SMARTS) is 1. The van der Waals surface area contributed by atoms with Crippen molar-refractivity contribution >= 4 is 5.97 Å². The van der Waals surface area contributed by atoms with Crippen molar-refractivity contribution in [1.29, 1.82) is 0 Å². The van der Waals surface area contributed by atoms with Crippen molar-refractivity contribution < 1.29 is 15.0 Å². The summed E-state index contributed by atoms with van der Waals surface area (Å²) in [5.74, 6) is -1.20. The zero-order chi connectivity index (χ0) is 9.99. The Bertz CT molecular complexity index is 169. The largest absolute Gasteiger partial charge is 0.549 e. The molecule has 0 aliphatic heterocycles. The van der Waals surface area contributed by atoms with Gasteiger partial charge in [0.15, 0.2) is 0 Å². The molecule has 0 aromatic carbocycles. The Morgan fingerprint density at radius 2 is 1.67 bits per heavy atom. The molecule has 0 saturated carbocycles. The summed E-state index contributed by atoms with van der Waals surface area (Å²) in [6.45, 7) is 6.53. The number of carbonyl (C=O) groups excluding carboxylic acids is 1. The highest BCUT2D eigenvalue weighted by molar-refractivity contribution is 5.73. The summed E-state index contributed by atoms with van der Waals surface area (Å²) in [4.78, 5) is 10.7. The maximum atomic E-state index is 10.7. The maximum Gasteiger partial charge on any atom is 0.0745 e. The Morgan fingerprint density at radius 3 is 1.75 bits per heavy atom. The van der Waals surface area contributed by atoms with Crippen LogP contribution in [0.4, 0.5) is 0 Å². The molecule has 1 N–H and O–H groups in total. The lowest BCUT2D eigenvalue weighted by molar-refractivity contribution is -0.326. The quantitative estimate of drug-likeness (QED) is 0.665. The van der Waals surface area contributed by atoms with Gasteiger partial charge in [-0.3, -0.25) is 0 Å². The molecular weight excluding hydrogens is 156 g/mol. The smallest absolute Gasteiger partial charge is 0.0745 e. The maximum absolute atomic E-state index is 10.7. The predicted octanol–water partition coefficient (Wildman–Crippen LogP) is 0.314. The first kappa shape index (κ1) is 11.4. The molecule has 3 heteroatoms. The van der Waals surface area contributed by atoms with Crippen LogP contribution < -0.4 is 5.11 Å². The van der Waals surface area contributed by atoms with Gasteiger partial charge in [-0.05, 0) is 12.8 Å². The first-order chi connectivity index (χ1) is 5.31. The van der Waals surface area contributed by atoms with E-state index in [9.17, 15) is 15.0 Å². The van der Waals surface area contributed by atoms with E-state index in [2.05, 4.69) is 0 Å². The number of aliphatic hydroxyl groups is 1. The zero-order valence-corrected chi connectivity index (χ0v) is 8.18. The molecule has 0 amide bonds. The van der Waals surface area contributed by atoms with Crippen molar-refractivity contribution in [3.63, 3.8) is 0 Å². The highest BCUT2D eigenvalue weighted by Gasteiger charge is 2.41.